The maximum absolute atomic E-state index is 14.2. The number of imidazole rings is 1. The number of carbonyl (C=O) groups excluding carboxylic acids is 1. The number of amides is 1. The maximum atomic E-state index is 14.2. The number of nitrogens with one attached hydrogen (secondary N) is 1. The maximum Gasteiger partial charge on any atom is 0.276 e. The van der Waals surface area contributed by atoms with Gasteiger partial charge in [0, 0.05) is 6.20 Å². The van der Waals surface area contributed by atoms with Crippen molar-refractivity contribution in [2.75, 3.05) is 5.32 Å². The van der Waals surface area contributed by atoms with Crippen LogP contribution in [-0.4, -0.2) is 25.5 Å². The first kappa shape index (κ1) is 16.2. The molecular weight excluding hydrogens is 357 g/mol. The van der Waals surface area contributed by atoms with Crippen LogP contribution in [0.1, 0.15) is 10.5 Å². The van der Waals surface area contributed by atoms with Crippen LogP contribution < -0.4 is 5.32 Å². The van der Waals surface area contributed by atoms with E-state index in [1.807, 2.05) is 0 Å². The van der Waals surface area contributed by atoms with E-state index in [9.17, 15) is 9.18 Å². The highest BCUT2D eigenvalue weighted by molar-refractivity contribution is 6.33. The van der Waals surface area contributed by atoms with Crippen LogP contribution in [0.4, 0.5) is 10.1 Å². The van der Waals surface area contributed by atoms with Gasteiger partial charge in [0.25, 0.3) is 5.91 Å². The molecule has 0 bridgehead atoms. The van der Waals surface area contributed by atoms with Gasteiger partial charge in [0.05, 0.1) is 34.4 Å². The third kappa shape index (κ3) is 2.89. The van der Waals surface area contributed by atoms with Crippen LogP contribution in [0.3, 0.4) is 0 Å². The molecule has 6 nitrogen and oxygen atoms in total. The monoisotopic (exact) mass is 367 g/mol. The van der Waals surface area contributed by atoms with Crippen molar-refractivity contribution in [2.24, 2.45) is 0 Å². The molecular formula is C18H11ClFN5O. The molecule has 4 aromatic rings. The Hall–Kier alpha value is -3.32. The highest BCUT2D eigenvalue weighted by Gasteiger charge is 2.17. The van der Waals surface area contributed by atoms with Gasteiger partial charge in [0.2, 0.25) is 0 Å². The van der Waals surface area contributed by atoms with E-state index in [1.54, 1.807) is 36.5 Å². The van der Waals surface area contributed by atoms with Crippen LogP contribution in [0.15, 0.2) is 61.1 Å². The minimum Gasteiger partial charge on any atom is -0.319 e. The summed E-state index contributed by atoms with van der Waals surface area (Å²) in [6.45, 7) is 0. The second-order valence-electron chi connectivity index (χ2n) is 5.42. The van der Waals surface area contributed by atoms with Crippen LogP contribution >= 0.6 is 11.6 Å². The van der Waals surface area contributed by atoms with Gasteiger partial charge in [-0.1, -0.05) is 17.7 Å². The van der Waals surface area contributed by atoms with Crippen LogP contribution in [0.2, 0.25) is 5.02 Å². The summed E-state index contributed by atoms with van der Waals surface area (Å²) in [4.78, 5) is 20.6. The van der Waals surface area contributed by atoms with Gasteiger partial charge >= 0.3 is 0 Å². The fourth-order valence-corrected chi connectivity index (χ4v) is 2.80. The summed E-state index contributed by atoms with van der Waals surface area (Å²) in [6.07, 6.45) is 4.54. The molecule has 128 valence electrons. The first-order valence-electron chi connectivity index (χ1n) is 7.64. The molecule has 1 amide bonds. The van der Waals surface area contributed by atoms with E-state index in [4.69, 9.17) is 11.6 Å². The van der Waals surface area contributed by atoms with E-state index in [0.717, 1.165) is 0 Å². The van der Waals surface area contributed by atoms with Gasteiger partial charge in [0.15, 0.2) is 11.3 Å². The molecule has 1 N–H and O–H groups in total. The number of anilines is 1. The smallest absolute Gasteiger partial charge is 0.276 e. The fraction of sp³-hybridized carbons (Fsp3) is 0. The molecule has 3 heterocycles. The zero-order valence-electron chi connectivity index (χ0n) is 13.2. The second kappa shape index (κ2) is 6.53. The van der Waals surface area contributed by atoms with Gasteiger partial charge in [-0.3, -0.25) is 9.78 Å². The largest absolute Gasteiger partial charge is 0.319 e. The summed E-state index contributed by atoms with van der Waals surface area (Å²) in [5, 5.41) is 7.29. The highest BCUT2D eigenvalue weighted by Crippen LogP contribution is 2.29. The summed E-state index contributed by atoms with van der Waals surface area (Å²) in [7, 11) is 0. The molecule has 0 spiro atoms. The third-order valence-electron chi connectivity index (χ3n) is 3.73. The Labute approximate surface area is 152 Å². The van der Waals surface area contributed by atoms with Crippen molar-refractivity contribution < 1.29 is 9.18 Å². The standard InChI is InChI=1S/C18H11ClFN5O/c19-12-4-1-5-13(20)17(12)14-6-7-16-22-10-15(25(16)24-14)18(26)23-11-3-2-8-21-9-11/h1-10H,(H,23,26). The Morgan fingerprint density at radius 3 is 2.77 bits per heavy atom. The van der Waals surface area contributed by atoms with Gasteiger partial charge in [-0.05, 0) is 36.4 Å². The Bertz CT molecular complexity index is 1090. The van der Waals surface area contributed by atoms with Crippen molar-refractivity contribution in [1.82, 2.24) is 19.6 Å². The molecule has 0 fully saturated rings. The minimum atomic E-state index is -0.495. The first-order valence-corrected chi connectivity index (χ1v) is 8.02. The van der Waals surface area contributed by atoms with Crippen LogP contribution in [0.5, 0.6) is 0 Å². The van der Waals surface area contributed by atoms with Crippen molar-refractivity contribution in [3.05, 3.63) is 77.6 Å². The number of benzene rings is 1. The SMILES string of the molecule is O=C(Nc1cccnc1)c1cnc2ccc(-c3c(F)cccc3Cl)nn12. The average Bonchev–Trinajstić information content (AvgIpc) is 3.06. The van der Waals surface area contributed by atoms with E-state index < -0.39 is 11.7 Å². The molecule has 0 atom stereocenters. The van der Waals surface area contributed by atoms with Crippen LogP contribution in [0, 0.1) is 5.82 Å². The summed E-state index contributed by atoms with van der Waals surface area (Å²) in [5.74, 6) is -0.902. The Kier molecular flexibility index (Phi) is 4.06. The minimum absolute atomic E-state index is 0.170. The Morgan fingerprint density at radius 1 is 1.12 bits per heavy atom. The molecule has 0 unspecified atom stereocenters. The second-order valence-corrected chi connectivity index (χ2v) is 5.83. The number of aromatic nitrogens is 4. The lowest BCUT2D eigenvalue weighted by atomic mass is 10.1. The van der Waals surface area contributed by atoms with Crippen molar-refractivity contribution in [3.63, 3.8) is 0 Å². The number of hydrogen-bond donors (Lipinski definition) is 1. The Morgan fingerprint density at radius 2 is 2.00 bits per heavy atom. The van der Waals surface area contributed by atoms with E-state index >= 15 is 0 Å². The van der Waals surface area contributed by atoms with Crippen molar-refractivity contribution in [1.29, 1.82) is 0 Å². The van der Waals surface area contributed by atoms with Gasteiger partial charge in [-0.2, -0.15) is 5.10 Å². The number of hydrogen-bond acceptors (Lipinski definition) is 4. The molecule has 1 aromatic carbocycles. The molecule has 0 aliphatic carbocycles. The molecule has 0 saturated carbocycles. The van der Waals surface area contributed by atoms with Crippen LogP contribution in [-0.2, 0) is 0 Å². The summed E-state index contributed by atoms with van der Waals surface area (Å²) in [5.41, 5.74) is 1.67. The Balaban J connectivity index is 1.77. The zero-order chi connectivity index (χ0) is 18.1. The van der Waals surface area contributed by atoms with Gasteiger partial charge < -0.3 is 5.32 Å². The van der Waals surface area contributed by atoms with E-state index in [1.165, 1.54) is 29.0 Å². The average molecular weight is 368 g/mol. The number of nitrogens with zero attached hydrogens (tertiary/aromatic N) is 4. The van der Waals surface area contributed by atoms with E-state index in [0.29, 0.717) is 17.0 Å². The van der Waals surface area contributed by atoms with Gasteiger partial charge in [-0.25, -0.2) is 13.9 Å². The summed E-state index contributed by atoms with van der Waals surface area (Å²) in [6, 6.07) is 11.1. The molecule has 0 radical (unpaired) electrons. The molecule has 3 aromatic heterocycles. The number of carbonyl (C=O) groups is 1. The van der Waals surface area contributed by atoms with E-state index in [-0.39, 0.29) is 16.3 Å². The van der Waals surface area contributed by atoms with Gasteiger partial charge in [-0.15, -0.1) is 0 Å². The summed E-state index contributed by atoms with van der Waals surface area (Å²) < 4.78 is 15.5. The lowest BCUT2D eigenvalue weighted by Crippen LogP contribution is -2.15. The number of halogens is 2. The van der Waals surface area contributed by atoms with Crippen molar-refractivity contribution in [3.8, 4) is 11.3 Å². The van der Waals surface area contributed by atoms with Crippen molar-refractivity contribution in [2.45, 2.75) is 0 Å². The molecule has 8 heteroatoms. The molecule has 4 rings (SSSR count). The first-order chi connectivity index (χ1) is 12.6. The highest BCUT2D eigenvalue weighted by atomic mass is 35.5. The predicted octanol–water partition coefficient (Wildman–Crippen LogP) is 3.84. The zero-order valence-corrected chi connectivity index (χ0v) is 14.0. The summed E-state index contributed by atoms with van der Waals surface area (Å²) >= 11 is 6.11. The molecule has 0 saturated heterocycles. The molecule has 0 aliphatic rings. The molecule has 26 heavy (non-hydrogen) atoms. The quantitative estimate of drug-likeness (QED) is 0.597. The number of fused-ring (bicyclic) bond motifs is 1. The number of rotatable bonds is 3. The lowest BCUT2D eigenvalue weighted by molar-refractivity contribution is 0.102. The third-order valence-corrected chi connectivity index (χ3v) is 4.05. The van der Waals surface area contributed by atoms with E-state index in [2.05, 4.69) is 20.4 Å². The fourth-order valence-electron chi connectivity index (χ4n) is 2.54. The topological polar surface area (TPSA) is 72.2 Å². The number of pyridine rings is 1. The van der Waals surface area contributed by atoms with Crippen molar-refractivity contribution >= 4 is 28.8 Å². The van der Waals surface area contributed by atoms with Crippen LogP contribution in [0.25, 0.3) is 16.9 Å². The predicted molar refractivity (Wildman–Crippen MR) is 95.6 cm³/mol. The molecule has 0 aliphatic heterocycles. The lowest BCUT2D eigenvalue weighted by Gasteiger charge is -2.07. The normalized spacial score (nSPS) is 10.8. The van der Waals surface area contributed by atoms with Gasteiger partial charge in [0.1, 0.15) is 5.82 Å².